The van der Waals surface area contributed by atoms with Crippen molar-refractivity contribution < 1.29 is 35.6 Å². The molecule has 0 amide bonds. The van der Waals surface area contributed by atoms with Crippen LogP contribution in [0.3, 0.4) is 0 Å². The van der Waals surface area contributed by atoms with Crippen LogP contribution in [0.25, 0.3) is 21.5 Å². The van der Waals surface area contributed by atoms with Crippen molar-refractivity contribution in [2.75, 3.05) is 0 Å². The van der Waals surface area contributed by atoms with Gasteiger partial charge in [0.15, 0.2) is 0 Å². The highest BCUT2D eigenvalue weighted by molar-refractivity contribution is 7.94. The Bertz CT molecular complexity index is 1670. The fraction of sp³-hybridized carbons (Fsp3) is 0. The van der Waals surface area contributed by atoms with Gasteiger partial charge < -0.3 is 9.66 Å². The van der Waals surface area contributed by atoms with E-state index in [1.807, 2.05) is 0 Å². The predicted octanol–water partition coefficient (Wildman–Crippen LogP) is 5.17. The second kappa shape index (κ2) is 8.37. The molecule has 0 bridgehead atoms. The van der Waals surface area contributed by atoms with Crippen LogP contribution in [0.15, 0.2) is 85.6 Å². The molecule has 0 radical (unpaired) electrons. The molecule has 10 nitrogen and oxygen atoms in total. The molecule has 4 rings (SSSR count). The van der Waals surface area contributed by atoms with Gasteiger partial charge in [0.05, 0.1) is 10.6 Å². The number of phenols is 1. The van der Waals surface area contributed by atoms with Crippen molar-refractivity contribution in [3.05, 3.63) is 60.7 Å². The largest absolute Gasteiger partial charge is 0.506 e. The van der Waals surface area contributed by atoms with Crippen molar-refractivity contribution in [2.24, 2.45) is 10.2 Å². The monoisotopic (exact) mass is 506 g/mol. The minimum absolute atomic E-state index is 0.0404. The Morgan fingerprint density at radius 2 is 1.48 bits per heavy atom. The summed E-state index contributed by atoms with van der Waals surface area (Å²) in [6.07, 6.45) is 0. The number of hydrogen-bond donors (Lipinski definition) is 4. The molecule has 0 aliphatic heterocycles. The van der Waals surface area contributed by atoms with Crippen molar-refractivity contribution in [3.63, 3.8) is 0 Å². The average molecular weight is 507 g/mol. The first-order valence-corrected chi connectivity index (χ1v) is 12.7. The van der Waals surface area contributed by atoms with Gasteiger partial charge in [0.25, 0.3) is 20.2 Å². The molecule has 33 heavy (non-hydrogen) atoms. The zero-order valence-corrected chi connectivity index (χ0v) is 18.8. The molecule has 0 saturated carbocycles. The van der Waals surface area contributed by atoms with Crippen LogP contribution in [-0.4, -0.2) is 35.6 Å². The predicted molar refractivity (Wildman–Crippen MR) is 122 cm³/mol. The van der Waals surface area contributed by atoms with Crippen molar-refractivity contribution in [3.8, 4) is 5.75 Å². The molecule has 0 aliphatic carbocycles. The number of rotatable bonds is 5. The molecule has 0 aliphatic rings. The molecule has 0 atom stereocenters. The number of phenolic OH excluding ortho intramolecular Hbond substituents is 1. The van der Waals surface area contributed by atoms with Crippen molar-refractivity contribution in [1.82, 2.24) is 0 Å². The summed E-state index contributed by atoms with van der Waals surface area (Å²) in [5.41, 5.74) is -0.00512. The second-order valence-corrected chi connectivity index (χ2v) is 10.3. The molecule has 0 saturated heterocycles. The molecule has 4 aromatic rings. The third-order valence-corrected chi connectivity index (χ3v) is 7.06. The first kappa shape index (κ1) is 23.1. The van der Waals surface area contributed by atoms with Crippen LogP contribution >= 0.6 is 12.0 Å². The van der Waals surface area contributed by atoms with E-state index in [1.54, 1.807) is 36.4 Å². The first-order valence-electron chi connectivity index (χ1n) is 9.00. The highest BCUT2D eigenvalue weighted by Gasteiger charge is 2.24. The molecule has 170 valence electrons. The highest BCUT2D eigenvalue weighted by atomic mass is 32.2. The molecular weight excluding hydrogens is 492 g/mol. The van der Waals surface area contributed by atoms with Crippen LogP contribution in [0.5, 0.6) is 5.75 Å². The maximum absolute atomic E-state index is 12.0. The summed E-state index contributed by atoms with van der Waals surface area (Å²) in [6.45, 7) is 0. The second-order valence-electron chi connectivity index (χ2n) is 6.82. The molecule has 0 spiro atoms. The Morgan fingerprint density at radius 3 is 2.12 bits per heavy atom. The van der Waals surface area contributed by atoms with E-state index in [2.05, 4.69) is 10.2 Å². The molecule has 4 N–H and O–H groups in total. The maximum atomic E-state index is 12.0. The molecule has 0 heterocycles. The fourth-order valence-corrected chi connectivity index (χ4v) is 5.12. The van der Waals surface area contributed by atoms with Crippen LogP contribution in [0, 0.1) is 0 Å². The van der Waals surface area contributed by atoms with Gasteiger partial charge in [-0.1, -0.05) is 30.3 Å². The summed E-state index contributed by atoms with van der Waals surface area (Å²) in [7, 11) is -9.80. The van der Waals surface area contributed by atoms with E-state index in [0.717, 1.165) is 12.1 Å². The lowest BCUT2D eigenvalue weighted by atomic mass is 10.1. The maximum Gasteiger partial charge on any atom is 0.295 e. The van der Waals surface area contributed by atoms with Crippen LogP contribution in [-0.2, 0) is 20.2 Å². The van der Waals surface area contributed by atoms with Gasteiger partial charge in [-0.3, -0.25) is 9.11 Å². The van der Waals surface area contributed by atoms with Crippen LogP contribution in [0.2, 0.25) is 0 Å². The van der Waals surface area contributed by atoms with Crippen molar-refractivity contribution >= 4 is 65.2 Å². The zero-order chi connectivity index (χ0) is 24.0. The molecule has 4 aromatic carbocycles. The van der Waals surface area contributed by atoms with E-state index in [-0.39, 0.29) is 16.5 Å². The quantitative estimate of drug-likeness (QED) is 0.162. The molecular formula is C20H14N2O8S3. The third kappa shape index (κ3) is 4.42. The number of hydrogen-bond acceptors (Lipinski definition) is 9. The average Bonchev–Trinajstić information content (AvgIpc) is 2.76. The Morgan fingerprint density at radius 1 is 0.788 bits per heavy atom. The highest BCUT2D eigenvalue weighted by Crippen LogP contribution is 2.42. The summed E-state index contributed by atoms with van der Waals surface area (Å²) in [6, 6.07) is 14.1. The van der Waals surface area contributed by atoms with E-state index >= 15 is 0 Å². The summed E-state index contributed by atoms with van der Waals surface area (Å²) in [5, 5.41) is 19.4. The van der Waals surface area contributed by atoms with Crippen LogP contribution in [0.4, 0.5) is 11.4 Å². The first-order chi connectivity index (χ1) is 15.5. The number of benzene rings is 4. The smallest absolute Gasteiger partial charge is 0.295 e. The number of fused-ring (bicyclic) bond motifs is 2. The Hall–Kier alpha value is -3.07. The minimum atomic E-state index is -5.00. The number of nitrogens with zero attached hydrogens (tertiary/aromatic N) is 2. The van der Waals surface area contributed by atoms with Gasteiger partial charge in [0.2, 0.25) is 0 Å². The van der Waals surface area contributed by atoms with E-state index in [0.29, 0.717) is 39.5 Å². The van der Waals surface area contributed by atoms with Gasteiger partial charge in [-0.05, 0) is 41.1 Å². The summed E-state index contributed by atoms with van der Waals surface area (Å²) >= 11 is 0.557. The topological polar surface area (TPSA) is 174 Å². The number of aromatic hydroxyl groups is 1. The normalized spacial score (nSPS) is 12.7. The van der Waals surface area contributed by atoms with Crippen molar-refractivity contribution in [1.29, 1.82) is 0 Å². The summed E-state index contributed by atoms with van der Waals surface area (Å²) < 4.78 is 75.6. The van der Waals surface area contributed by atoms with Crippen LogP contribution in [0.1, 0.15) is 0 Å². The Labute approximate surface area is 191 Å². The van der Waals surface area contributed by atoms with Crippen molar-refractivity contribution in [2.45, 2.75) is 14.7 Å². The van der Waals surface area contributed by atoms with Gasteiger partial charge in [0.1, 0.15) is 16.3 Å². The van der Waals surface area contributed by atoms with Crippen LogP contribution < -0.4 is 0 Å². The van der Waals surface area contributed by atoms with E-state index < -0.39 is 35.8 Å². The molecule has 0 aromatic heterocycles. The van der Waals surface area contributed by atoms with Gasteiger partial charge in [-0.2, -0.15) is 16.8 Å². The van der Waals surface area contributed by atoms with E-state index in [1.165, 1.54) is 6.07 Å². The van der Waals surface area contributed by atoms with Gasteiger partial charge in [-0.25, -0.2) is 0 Å². The van der Waals surface area contributed by atoms with Gasteiger partial charge in [0, 0.05) is 27.7 Å². The third-order valence-electron chi connectivity index (χ3n) is 4.80. The SMILES string of the molecule is O=S(=O)(O)c1cc(S(=O)(=O)O)c2c(N=Nc3ccc(SO)c4ccccc34)c(O)ccc2c1. The van der Waals surface area contributed by atoms with Gasteiger partial charge >= 0.3 is 0 Å². The molecule has 0 fully saturated rings. The Kier molecular flexibility index (Phi) is 5.86. The lowest BCUT2D eigenvalue weighted by Gasteiger charge is -2.10. The van der Waals surface area contributed by atoms with E-state index in [4.69, 9.17) is 0 Å². The lowest BCUT2D eigenvalue weighted by molar-refractivity contribution is 0.477. The zero-order valence-electron chi connectivity index (χ0n) is 16.3. The molecule has 0 unspecified atom stereocenters. The summed E-state index contributed by atoms with van der Waals surface area (Å²) in [5.74, 6) is -0.484. The Balaban J connectivity index is 2.01. The van der Waals surface area contributed by atoms with Gasteiger partial charge in [-0.15, -0.1) is 10.2 Å². The molecule has 13 heteroatoms. The van der Waals surface area contributed by atoms with E-state index in [9.17, 15) is 35.6 Å². The number of azo groups is 1. The minimum Gasteiger partial charge on any atom is -0.506 e. The fourth-order valence-electron chi connectivity index (χ4n) is 3.35. The standard InChI is InChI=1S/C20H14N2O8S3/c23-16-7-5-11-9-12(32(25,26)27)10-18(33(28,29)30)19(11)20(16)22-21-15-6-8-17(31-24)14-4-2-1-3-13(14)15/h1-10,23-24H,(H,25,26,27)(H,28,29,30). The summed E-state index contributed by atoms with van der Waals surface area (Å²) in [4.78, 5) is -1.07. The lowest BCUT2D eigenvalue weighted by Crippen LogP contribution is -2.04.